The fourth-order valence-electron chi connectivity index (χ4n) is 0. The summed E-state index contributed by atoms with van der Waals surface area (Å²) < 4.78 is 0. The molecule has 0 aliphatic rings. The van der Waals surface area contributed by atoms with E-state index in [9.17, 15) is 0 Å². The number of hydrogen-bond acceptors (Lipinski definition) is 0. The molecule has 1 heteroatoms. The zero-order valence-corrected chi connectivity index (χ0v) is 6.73. The predicted molar refractivity (Wildman–Crippen MR) is 38.3 cm³/mol. The maximum absolute atomic E-state index is 2.42. The third-order valence-electron chi connectivity index (χ3n) is 0. The van der Waals surface area contributed by atoms with E-state index >= 15 is 0 Å². The van der Waals surface area contributed by atoms with Crippen molar-refractivity contribution in [2.75, 3.05) is 6.66 Å². The summed E-state index contributed by atoms with van der Waals surface area (Å²) in [6, 6.07) is 0. The minimum atomic E-state index is 1.92. The second kappa shape index (κ2) is 576. The number of rotatable bonds is 0. The summed E-state index contributed by atoms with van der Waals surface area (Å²) >= 11 is 0. The van der Waals surface area contributed by atoms with E-state index in [1.165, 1.54) is 0 Å². The average molecular weight is 108 g/mol. The SMILES string of the molecule is CC.CC.CP. The standard InChI is InChI=1S/2C2H6.CH5P/c3*1-2/h2*1-2H3;2H2,1H3. The van der Waals surface area contributed by atoms with E-state index in [2.05, 4.69) is 9.24 Å². The maximum atomic E-state index is 2.42. The van der Waals surface area contributed by atoms with Crippen molar-refractivity contribution in [2.45, 2.75) is 27.7 Å². The van der Waals surface area contributed by atoms with Gasteiger partial charge in [-0.25, -0.2) is 0 Å². The van der Waals surface area contributed by atoms with Crippen molar-refractivity contribution in [3.05, 3.63) is 0 Å². The van der Waals surface area contributed by atoms with Crippen LogP contribution in [0, 0.1) is 0 Å². The van der Waals surface area contributed by atoms with Crippen LogP contribution in [0.1, 0.15) is 27.7 Å². The lowest BCUT2D eigenvalue weighted by Gasteiger charge is -1.10. The molecule has 0 rings (SSSR count). The molecular weight excluding hydrogens is 91.0 g/mol. The van der Waals surface area contributed by atoms with Crippen molar-refractivity contribution in [3.63, 3.8) is 0 Å². The van der Waals surface area contributed by atoms with Crippen LogP contribution < -0.4 is 0 Å². The molecule has 0 heterocycles. The Morgan fingerprint density at radius 1 is 0.667 bits per heavy atom. The van der Waals surface area contributed by atoms with Crippen molar-refractivity contribution in [1.82, 2.24) is 0 Å². The molecule has 1 atom stereocenters. The first-order chi connectivity index (χ1) is 3.00. The van der Waals surface area contributed by atoms with Gasteiger partial charge in [0.1, 0.15) is 0 Å². The first-order valence-electron chi connectivity index (χ1n) is 2.58. The Morgan fingerprint density at radius 2 is 0.667 bits per heavy atom. The molecule has 0 fully saturated rings. The quantitative estimate of drug-likeness (QED) is 0.418. The van der Waals surface area contributed by atoms with Gasteiger partial charge in [0.15, 0.2) is 0 Å². The van der Waals surface area contributed by atoms with Crippen LogP contribution in [-0.2, 0) is 0 Å². The van der Waals surface area contributed by atoms with Crippen molar-refractivity contribution in [1.29, 1.82) is 0 Å². The van der Waals surface area contributed by atoms with Gasteiger partial charge >= 0.3 is 0 Å². The van der Waals surface area contributed by atoms with Crippen molar-refractivity contribution in [2.24, 2.45) is 0 Å². The molecule has 0 aromatic heterocycles. The van der Waals surface area contributed by atoms with Crippen molar-refractivity contribution >= 4 is 9.24 Å². The third kappa shape index (κ3) is 282. The van der Waals surface area contributed by atoms with E-state index in [1.54, 1.807) is 0 Å². The van der Waals surface area contributed by atoms with Gasteiger partial charge in [-0.2, -0.15) is 0 Å². The van der Waals surface area contributed by atoms with Crippen molar-refractivity contribution in [3.8, 4) is 0 Å². The van der Waals surface area contributed by atoms with E-state index in [1.807, 2.05) is 34.4 Å². The highest BCUT2D eigenvalue weighted by atomic mass is 31.0. The summed E-state index contributed by atoms with van der Waals surface area (Å²) in [5.74, 6) is 0. The summed E-state index contributed by atoms with van der Waals surface area (Å²) in [5, 5.41) is 0. The molecule has 0 nitrogen and oxygen atoms in total. The molecule has 0 aromatic carbocycles. The molecule has 1 unspecified atom stereocenters. The highest BCUT2D eigenvalue weighted by Gasteiger charge is 0.934. The Bertz CT molecular complexity index is 3.90. The molecular formula is C5H17P. The molecule has 0 aliphatic heterocycles. The van der Waals surface area contributed by atoms with Gasteiger partial charge in [0.05, 0.1) is 0 Å². The molecule has 0 aromatic rings. The van der Waals surface area contributed by atoms with Gasteiger partial charge in [-0.3, -0.25) is 0 Å². The molecule has 0 radical (unpaired) electrons. The van der Waals surface area contributed by atoms with Crippen LogP contribution in [0.3, 0.4) is 0 Å². The molecule has 0 N–H and O–H groups in total. The lowest BCUT2D eigenvalue weighted by Crippen LogP contribution is -0.856. The van der Waals surface area contributed by atoms with Crippen LogP contribution >= 0.6 is 9.24 Å². The Morgan fingerprint density at radius 3 is 0.667 bits per heavy atom. The van der Waals surface area contributed by atoms with Gasteiger partial charge in [-0.05, 0) is 0 Å². The fourth-order valence-corrected chi connectivity index (χ4v) is 0. The van der Waals surface area contributed by atoms with E-state index < -0.39 is 0 Å². The van der Waals surface area contributed by atoms with E-state index in [0.717, 1.165) is 0 Å². The highest BCUT2D eigenvalue weighted by molar-refractivity contribution is 7.15. The van der Waals surface area contributed by atoms with Gasteiger partial charge in [0.2, 0.25) is 0 Å². The van der Waals surface area contributed by atoms with Gasteiger partial charge < -0.3 is 0 Å². The fraction of sp³-hybridized carbons (Fsp3) is 1.00. The molecule has 6 heavy (non-hydrogen) atoms. The van der Waals surface area contributed by atoms with E-state index in [0.29, 0.717) is 0 Å². The number of hydrogen-bond donors (Lipinski definition) is 0. The third-order valence-corrected chi connectivity index (χ3v) is 0. The topological polar surface area (TPSA) is 0 Å². The van der Waals surface area contributed by atoms with Gasteiger partial charge in [-0.15, -0.1) is 9.24 Å². The Labute approximate surface area is 44.5 Å². The second-order valence-electron chi connectivity index (χ2n) is 0. The van der Waals surface area contributed by atoms with Crippen LogP contribution in [0.5, 0.6) is 0 Å². The Kier molecular flexibility index (Phi) is 1550. The van der Waals surface area contributed by atoms with Gasteiger partial charge in [-0.1, -0.05) is 34.4 Å². The predicted octanol–water partition coefficient (Wildman–Crippen LogP) is 2.54. The zero-order valence-electron chi connectivity index (χ0n) is 5.58. The van der Waals surface area contributed by atoms with Crippen LogP contribution in [0.15, 0.2) is 0 Å². The smallest absolute Gasteiger partial charge is 0.0500 e. The Hall–Kier alpha value is 0.430. The van der Waals surface area contributed by atoms with E-state index in [-0.39, 0.29) is 0 Å². The lowest BCUT2D eigenvalue weighted by atomic mass is 11.0. The van der Waals surface area contributed by atoms with Gasteiger partial charge in [0.25, 0.3) is 0 Å². The molecule has 0 spiro atoms. The summed E-state index contributed by atoms with van der Waals surface area (Å²) in [5.41, 5.74) is 0. The highest BCUT2D eigenvalue weighted by Crippen LogP contribution is 1.46. The van der Waals surface area contributed by atoms with Gasteiger partial charge in [0, 0.05) is 0 Å². The molecule has 42 valence electrons. The van der Waals surface area contributed by atoms with Crippen LogP contribution in [0.25, 0.3) is 0 Å². The second-order valence-corrected chi connectivity index (χ2v) is 0. The molecule has 0 aliphatic carbocycles. The largest absolute Gasteiger partial charge is 0.141 e. The minimum absolute atomic E-state index is 1.92. The van der Waals surface area contributed by atoms with Crippen LogP contribution in [0.4, 0.5) is 0 Å². The normalized spacial score (nSPS) is 3.00. The molecule has 0 amide bonds. The first-order valence-corrected chi connectivity index (χ1v) is 3.73. The van der Waals surface area contributed by atoms with Crippen LogP contribution in [0.2, 0.25) is 0 Å². The lowest BCUT2D eigenvalue weighted by molar-refractivity contribution is 1.50. The zero-order chi connectivity index (χ0) is 6.00. The summed E-state index contributed by atoms with van der Waals surface area (Å²) in [6.45, 7) is 9.92. The maximum Gasteiger partial charge on any atom is -0.0500 e. The molecule has 0 saturated carbocycles. The average Bonchev–Trinajstić information content (AvgIpc) is 1.81. The van der Waals surface area contributed by atoms with Crippen molar-refractivity contribution < 1.29 is 0 Å². The van der Waals surface area contributed by atoms with E-state index in [4.69, 9.17) is 0 Å². The summed E-state index contributed by atoms with van der Waals surface area (Å²) in [7, 11) is 2.42. The molecule has 0 saturated heterocycles. The molecule has 0 bridgehead atoms. The van der Waals surface area contributed by atoms with Crippen LogP contribution in [-0.4, -0.2) is 6.66 Å². The summed E-state index contributed by atoms with van der Waals surface area (Å²) in [4.78, 5) is 0. The Balaban J connectivity index is -0.0000000225. The monoisotopic (exact) mass is 108 g/mol. The first kappa shape index (κ1) is 16.1. The summed E-state index contributed by atoms with van der Waals surface area (Å²) in [6.07, 6.45) is 0. The minimum Gasteiger partial charge on any atom is -0.141 e.